The van der Waals surface area contributed by atoms with Gasteiger partial charge in [-0.25, -0.2) is 0 Å². The van der Waals surface area contributed by atoms with Gasteiger partial charge in [0, 0.05) is 23.2 Å². The summed E-state index contributed by atoms with van der Waals surface area (Å²) in [6.45, 7) is 0.829. The monoisotopic (exact) mass is 326 g/mol. The molecule has 0 saturated carbocycles. The predicted octanol–water partition coefficient (Wildman–Crippen LogP) is 3.32. The molecule has 0 aromatic heterocycles. The second-order valence-corrected chi connectivity index (χ2v) is 5.67. The highest BCUT2D eigenvalue weighted by Crippen LogP contribution is 2.25. The second kappa shape index (κ2) is 6.91. The van der Waals surface area contributed by atoms with E-state index in [1.807, 2.05) is 0 Å². The second-order valence-electron chi connectivity index (χ2n) is 4.81. The zero-order valence-corrected chi connectivity index (χ0v) is 12.4. The van der Waals surface area contributed by atoms with E-state index in [2.05, 4.69) is 21.2 Å². The van der Waals surface area contributed by atoms with Gasteiger partial charge in [-0.15, -0.1) is 0 Å². The maximum atomic E-state index is 11.9. The lowest BCUT2D eigenvalue weighted by Crippen LogP contribution is -2.21. The van der Waals surface area contributed by atoms with Crippen molar-refractivity contribution in [3.05, 3.63) is 22.7 Å². The van der Waals surface area contributed by atoms with Crippen LogP contribution in [0.5, 0.6) is 0 Å². The molecule has 19 heavy (non-hydrogen) atoms. The maximum Gasteiger partial charge on any atom is 0.224 e. The molecule has 1 amide bonds. The van der Waals surface area contributed by atoms with E-state index < -0.39 is 0 Å². The molecule has 5 heteroatoms. The molecule has 3 N–H and O–H groups in total. The molecule has 1 aromatic rings. The Labute approximate surface area is 121 Å². The third kappa shape index (κ3) is 4.51. The Bertz CT molecular complexity index is 445. The van der Waals surface area contributed by atoms with Gasteiger partial charge in [-0.05, 0) is 59.8 Å². The van der Waals surface area contributed by atoms with Crippen LogP contribution in [-0.2, 0) is 9.53 Å². The average Bonchev–Trinajstić information content (AvgIpc) is 2.41. The number of hydrogen-bond donors (Lipinski definition) is 2. The number of nitrogens with two attached hydrogens (primary N) is 1. The molecule has 1 unspecified atom stereocenters. The highest BCUT2D eigenvalue weighted by Gasteiger charge is 2.15. The quantitative estimate of drug-likeness (QED) is 0.834. The Balaban J connectivity index is 1.80. The third-order valence-corrected chi connectivity index (χ3v) is 3.89. The zero-order valence-electron chi connectivity index (χ0n) is 10.8. The number of amides is 1. The number of benzene rings is 1. The SMILES string of the molecule is Nc1ccc(NC(=O)CCC2CCCCO2)c(Br)c1. The van der Waals surface area contributed by atoms with Gasteiger partial charge in [0.15, 0.2) is 0 Å². The molecule has 1 aliphatic rings. The fraction of sp³-hybridized carbons (Fsp3) is 0.500. The van der Waals surface area contributed by atoms with Crippen LogP contribution in [0.1, 0.15) is 32.1 Å². The minimum absolute atomic E-state index is 0.0136. The first-order chi connectivity index (χ1) is 9.15. The number of rotatable bonds is 4. The number of anilines is 2. The molecule has 1 atom stereocenters. The molecule has 1 fully saturated rings. The predicted molar refractivity (Wildman–Crippen MR) is 80.0 cm³/mol. The highest BCUT2D eigenvalue weighted by atomic mass is 79.9. The van der Waals surface area contributed by atoms with Crippen molar-refractivity contribution in [2.75, 3.05) is 17.7 Å². The fourth-order valence-corrected chi connectivity index (χ4v) is 2.67. The fourth-order valence-electron chi connectivity index (χ4n) is 2.17. The summed E-state index contributed by atoms with van der Waals surface area (Å²) in [6, 6.07) is 5.35. The van der Waals surface area contributed by atoms with E-state index in [0.29, 0.717) is 12.1 Å². The smallest absolute Gasteiger partial charge is 0.224 e. The number of nitrogens with one attached hydrogen (secondary N) is 1. The summed E-state index contributed by atoms with van der Waals surface area (Å²) in [5, 5.41) is 2.88. The van der Waals surface area contributed by atoms with Crippen LogP contribution in [0.25, 0.3) is 0 Å². The van der Waals surface area contributed by atoms with Crippen LogP contribution in [0, 0.1) is 0 Å². The van der Waals surface area contributed by atoms with Crippen molar-refractivity contribution in [3.63, 3.8) is 0 Å². The number of halogens is 1. The zero-order chi connectivity index (χ0) is 13.7. The number of nitrogen functional groups attached to an aromatic ring is 1. The van der Waals surface area contributed by atoms with Crippen LogP contribution in [0.2, 0.25) is 0 Å². The highest BCUT2D eigenvalue weighted by molar-refractivity contribution is 9.10. The molecule has 0 spiro atoms. The molecule has 1 aromatic carbocycles. The Morgan fingerprint density at radius 3 is 3.00 bits per heavy atom. The molecule has 2 rings (SSSR count). The van der Waals surface area contributed by atoms with Crippen LogP contribution in [0.3, 0.4) is 0 Å². The lowest BCUT2D eigenvalue weighted by molar-refractivity contribution is -0.117. The van der Waals surface area contributed by atoms with E-state index in [1.54, 1.807) is 18.2 Å². The van der Waals surface area contributed by atoms with Crippen molar-refractivity contribution in [1.29, 1.82) is 0 Å². The Morgan fingerprint density at radius 1 is 1.47 bits per heavy atom. The number of carbonyl (C=O) groups is 1. The van der Waals surface area contributed by atoms with E-state index >= 15 is 0 Å². The van der Waals surface area contributed by atoms with Gasteiger partial charge in [0.05, 0.1) is 11.8 Å². The van der Waals surface area contributed by atoms with E-state index in [4.69, 9.17) is 10.5 Å². The molecule has 104 valence electrons. The standard InChI is InChI=1S/C14H19BrN2O2/c15-12-9-10(16)4-6-13(12)17-14(18)7-5-11-3-1-2-8-19-11/h4,6,9,11H,1-3,5,7-8,16H2,(H,17,18). The van der Waals surface area contributed by atoms with Crippen LogP contribution >= 0.6 is 15.9 Å². The summed E-state index contributed by atoms with van der Waals surface area (Å²) in [5.41, 5.74) is 7.08. The molecular formula is C14H19BrN2O2. The van der Waals surface area contributed by atoms with E-state index in [0.717, 1.165) is 36.0 Å². The first-order valence-corrected chi connectivity index (χ1v) is 7.41. The van der Waals surface area contributed by atoms with Crippen LogP contribution < -0.4 is 11.1 Å². The molecule has 4 nitrogen and oxygen atoms in total. The van der Waals surface area contributed by atoms with Crippen molar-refractivity contribution in [2.24, 2.45) is 0 Å². The maximum absolute atomic E-state index is 11.9. The van der Waals surface area contributed by atoms with Gasteiger partial charge in [-0.2, -0.15) is 0 Å². The third-order valence-electron chi connectivity index (χ3n) is 3.23. The number of hydrogen-bond acceptors (Lipinski definition) is 3. The van der Waals surface area contributed by atoms with Crippen molar-refractivity contribution in [1.82, 2.24) is 0 Å². The molecule has 0 aliphatic carbocycles. The summed E-state index contributed by atoms with van der Waals surface area (Å²) in [6.07, 6.45) is 4.93. The number of ether oxygens (including phenoxy) is 1. The largest absolute Gasteiger partial charge is 0.399 e. The van der Waals surface area contributed by atoms with Crippen molar-refractivity contribution >= 4 is 33.2 Å². The van der Waals surface area contributed by atoms with Crippen molar-refractivity contribution in [3.8, 4) is 0 Å². The number of carbonyl (C=O) groups excluding carboxylic acids is 1. The first kappa shape index (κ1) is 14.3. The summed E-state index contributed by atoms with van der Waals surface area (Å²) < 4.78 is 6.41. The summed E-state index contributed by atoms with van der Waals surface area (Å²) in [4.78, 5) is 11.9. The lowest BCUT2D eigenvalue weighted by atomic mass is 10.0. The summed E-state index contributed by atoms with van der Waals surface area (Å²) >= 11 is 3.38. The van der Waals surface area contributed by atoms with Crippen molar-refractivity contribution in [2.45, 2.75) is 38.2 Å². The minimum Gasteiger partial charge on any atom is -0.399 e. The Kier molecular flexibility index (Phi) is 5.22. The van der Waals surface area contributed by atoms with Gasteiger partial charge >= 0.3 is 0 Å². The summed E-state index contributed by atoms with van der Waals surface area (Å²) in [5.74, 6) is 0.0136. The van der Waals surface area contributed by atoms with E-state index in [9.17, 15) is 4.79 Å². The van der Waals surface area contributed by atoms with Crippen molar-refractivity contribution < 1.29 is 9.53 Å². The van der Waals surface area contributed by atoms with Gasteiger partial charge < -0.3 is 15.8 Å². The molecule has 1 saturated heterocycles. The van der Waals surface area contributed by atoms with Crippen LogP contribution in [0.15, 0.2) is 22.7 Å². The molecule has 1 heterocycles. The topological polar surface area (TPSA) is 64.3 Å². The van der Waals surface area contributed by atoms with E-state index in [1.165, 1.54) is 6.42 Å². The van der Waals surface area contributed by atoms with Crippen LogP contribution in [-0.4, -0.2) is 18.6 Å². The van der Waals surface area contributed by atoms with Gasteiger partial charge in [-0.1, -0.05) is 0 Å². The van der Waals surface area contributed by atoms with Gasteiger partial charge in [-0.3, -0.25) is 4.79 Å². The molecular weight excluding hydrogens is 308 g/mol. The molecule has 1 aliphatic heterocycles. The Hall–Kier alpha value is -1.07. The van der Waals surface area contributed by atoms with Gasteiger partial charge in [0.1, 0.15) is 0 Å². The van der Waals surface area contributed by atoms with Gasteiger partial charge in [0.2, 0.25) is 5.91 Å². The normalized spacial score (nSPS) is 19.1. The molecule has 0 bridgehead atoms. The average molecular weight is 327 g/mol. The van der Waals surface area contributed by atoms with Crippen LogP contribution in [0.4, 0.5) is 11.4 Å². The Morgan fingerprint density at radius 2 is 2.32 bits per heavy atom. The lowest BCUT2D eigenvalue weighted by Gasteiger charge is -2.22. The molecule has 0 radical (unpaired) electrons. The van der Waals surface area contributed by atoms with E-state index in [-0.39, 0.29) is 12.0 Å². The minimum atomic E-state index is 0.0136. The van der Waals surface area contributed by atoms with Gasteiger partial charge in [0.25, 0.3) is 0 Å². The first-order valence-electron chi connectivity index (χ1n) is 6.61. The summed E-state index contributed by atoms with van der Waals surface area (Å²) in [7, 11) is 0.